The molecule has 148 valence electrons. The number of aliphatic carboxylic acids is 1. The summed E-state index contributed by atoms with van der Waals surface area (Å²) >= 11 is 0. The molecule has 0 spiro atoms. The Bertz CT molecular complexity index is 789. The first-order valence-corrected chi connectivity index (χ1v) is 7.52. The highest BCUT2D eigenvalue weighted by atomic mass is 19.4. The van der Waals surface area contributed by atoms with Crippen molar-refractivity contribution in [2.24, 2.45) is 0 Å². The van der Waals surface area contributed by atoms with E-state index in [4.69, 9.17) is 0 Å². The monoisotopic (exact) mass is 400 g/mol. The number of carboxylic acids is 1. The van der Waals surface area contributed by atoms with Gasteiger partial charge in [-0.3, -0.25) is 4.79 Å². The fourth-order valence-electron chi connectivity index (χ4n) is 2.68. The van der Waals surface area contributed by atoms with Crippen LogP contribution in [-0.2, 0) is 11.0 Å². The number of hydrogen-bond acceptors (Lipinski definition) is 1. The van der Waals surface area contributed by atoms with E-state index in [1.165, 1.54) is 0 Å². The van der Waals surface area contributed by atoms with Crippen LogP contribution in [0, 0.1) is 5.82 Å². The third kappa shape index (κ3) is 4.86. The van der Waals surface area contributed by atoms with Gasteiger partial charge in [-0.25, -0.2) is 8.78 Å². The molecule has 0 saturated heterocycles. The molecule has 0 aromatic heterocycles. The van der Waals surface area contributed by atoms with Gasteiger partial charge in [-0.1, -0.05) is 12.1 Å². The van der Waals surface area contributed by atoms with Crippen LogP contribution in [0.4, 0.5) is 35.1 Å². The fraction of sp³-hybridized carbons (Fsp3) is 0.353. The van der Waals surface area contributed by atoms with Gasteiger partial charge in [0.1, 0.15) is 12.0 Å². The summed E-state index contributed by atoms with van der Waals surface area (Å²) < 4.78 is 104. The van der Waals surface area contributed by atoms with Crippen molar-refractivity contribution in [3.05, 3.63) is 58.4 Å². The third-order valence-electron chi connectivity index (χ3n) is 4.05. The van der Waals surface area contributed by atoms with Crippen molar-refractivity contribution in [2.45, 2.75) is 37.3 Å². The van der Waals surface area contributed by atoms with Crippen molar-refractivity contribution in [3.8, 4) is 0 Å². The molecule has 0 fully saturated rings. The van der Waals surface area contributed by atoms with Gasteiger partial charge in [0.05, 0.1) is 17.1 Å². The van der Waals surface area contributed by atoms with E-state index >= 15 is 0 Å². The third-order valence-corrected chi connectivity index (χ3v) is 4.05. The molecule has 0 radical (unpaired) electrons. The summed E-state index contributed by atoms with van der Waals surface area (Å²) in [7, 11) is 0. The molecule has 2 rings (SSSR count). The molecule has 10 heteroatoms. The standard InChI is InChI=1S/C17H12F8O2/c18-13-4-2-10(16(20,21)22)5-9(13)6-11(15(26)27)8-1-3-12(14(19)7-8)17(23,24)25/h1-3,5,7,11,13H,4,6H2,(H,26,27). The number of benzene rings is 1. The lowest BCUT2D eigenvalue weighted by molar-refractivity contribution is -0.140. The van der Waals surface area contributed by atoms with E-state index in [2.05, 4.69) is 0 Å². The van der Waals surface area contributed by atoms with Crippen LogP contribution in [-0.4, -0.2) is 23.4 Å². The predicted octanol–water partition coefficient (Wildman–Crippen LogP) is 5.56. The molecule has 27 heavy (non-hydrogen) atoms. The zero-order valence-corrected chi connectivity index (χ0v) is 13.3. The molecule has 2 unspecified atom stereocenters. The first-order valence-electron chi connectivity index (χ1n) is 7.52. The second-order valence-electron chi connectivity index (χ2n) is 5.91. The summed E-state index contributed by atoms with van der Waals surface area (Å²) in [6, 6.07) is 1.39. The summed E-state index contributed by atoms with van der Waals surface area (Å²) in [5.74, 6) is -5.07. The van der Waals surface area contributed by atoms with Crippen LogP contribution in [0.15, 0.2) is 41.5 Å². The number of carboxylic acid groups (broad SMARTS) is 1. The van der Waals surface area contributed by atoms with Crippen molar-refractivity contribution in [3.63, 3.8) is 0 Å². The fourth-order valence-corrected chi connectivity index (χ4v) is 2.68. The van der Waals surface area contributed by atoms with Crippen LogP contribution in [0.1, 0.15) is 29.9 Å². The Kier molecular flexibility index (Phi) is 5.67. The molecule has 1 aliphatic carbocycles. The Labute approximate surface area is 147 Å². The van der Waals surface area contributed by atoms with Crippen LogP contribution in [0.2, 0.25) is 0 Å². The van der Waals surface area contributed by atoms with Gasteiger partial charge >= 0.3 is 18.3 Å². The highest BCUT2D eigenvalue weighted by molar-refractivity contribution is 5.76. The summed E-state index contributed by atoms with van der Waals surface area (Å²) in [6.07, 6.45) is -11.9. The minimum atomic E-state index is -5.00. The maximum absolute atomic E-state index is 14.0. The van der Waals surface area contributed by atoms with E-state index < -0.39 is 71.3 Å². The molecule has 1 aliphatic rings. The molecule has 1 aromatic carbocycles. The lowest BCUT2D eigenvalue weighted by Crippen LogP contribution is -2.21. The molecule has 0 heterocycles. The molecular weight excluding hydrogens is 388 g/mol. The van der Waals surface area contributed by atoms with E-state index in [1.807, 2.05) is 0 Å². The van der Waals surface area contributed by atoms with Gasteiger partial charge in [0.25, 0.3) is 0 Å². The molecule has 0 amide bonds. The highest BCUT2D eigenvalue weighted by Gasteiger charge is 2.37. The minimum Gasteiger partial charge on any atom is -0.481 e. The minimum absolute atomic E-state index is 0.337. The lowest BCUT2D eigenvalue weighted by atomic mass is 9.86. The molecule has 0 bridgehead atoms. The van der Waals surface area contributed by atoms with Crippen LogP contribution >= 0.6 is 0 Å². The smallest absolute Gasteiger partial charge is 0.419 e. The maximum Gasteiger partial charge on any atom is 0.419 e. The van der Waals surface area contributed by atoms with Crippen LogP contribution < -0.4 is 0 Å². The molecule has 1 N–H and O–H groups in total. The predicted molar refractivity (Wildman–Crippen MR) is 78.1 cm³/mol. The Morgan fingerprint density at radius 1 is 1.15 bits per heavy atom. The average molecular weight is 400 g/mol. The van der Waals surface area contributed by atoms with Gasteiger partial charge in [0, 0.05) is 6.42 Å². The summed E-state index contributed by atoms with van der Waals surface area (Å²) in [5.41, 5.74) is -3.64. The summed E-state index contributed by atoms with van der Waals surface area (Å²) in [4.78, 5) is 11.4. The largest absolute Gasteiger partial charge is 0.481 e. The van der Waals surface area contributed by atoms with Crippen LogP contribution in [0.5, 0.6) is 0 Å². The second kappa shape index (κ2) is 7.32. The average Bonchev–Trinajstić information content (AvgIpc) is 2.51. The first-order chi connectivity index (χ1) is 12.3. The van der Waals surface area contributed by atoms with Gasteiger partial charge < -0.3 is 5.11 Å². The Hall–Kier alpha value is -2.39. The van der Waals surface area contributed by atoms with Gasteiger partial charge in [-0.15, -0.1) is 0 Å². The zero-order chi connectivity index (χ0) is 20.6. The Balaban J connectivity index is 2.36. The SMILES string of the molecule is O=C(O)C(CC1=CC(C(F)(F)F)=CCC1F)c1ccc(C(F)(F)F)c(F)c1. The van der Waals surface area contributed by atoms with Crippen molar-refractivity contribution < 1.29 is 45.0 Å². The molecule has 2 nitrogen and oxygen atoms in total. The van der Waals surface area contributed by atoms with Crippen LogP contribution in [0.25, 0.3) is 0 Å². The molecule has 1 aromatic rings. The number of hydrogen-bond donors (Lipinski definition) is 1. The normalized spacial score (nSPS) is 19.3. The number of allylic oxidation sites excluding steroid dienone is 4. The van der Waals surface area contributed by atoms with Crippen LogP contribution in [0.3, 0.4) is 0 Å². The molecule has 2 atom stereocenters. The Morgan fingerprint density at radius 3 is 2.26 bits per heavy atom. The quantitative estimate of drug-likeness (QED) is 0.672. The van der Waals surface area contributed by atoms with E-state index in [9.17, 15) is 45.0 Å². The number of halogens is 8. The first kappa shape index (κ1) is 20.9. The molecule has 0 saturated carbocycles. The van der Waals surface area contributed by atoms with Gasteiger partial charge in [0.15, 0.2) is 0 Å². The van der Waals surface area contributed by atoms with Crippen molar-refractivity contribution in [2.75, 3.05) is 0 Å². The maximum atomic E-state index is 14.0. The zero-order valence-electron chi connectivity index (χ0n) is 13.3. The van der Waals surface area contributed by atoms with Gasteiger partial charge in [-0.05, 0) is 35.8 Å². The number of alkyl halides is 7. The van der Waals surface area contributed by atoms with Gasteiger partial charge in [-0.2, -0.15) is 26.3 Å². The van der Waals surface area contributed by atoms with E-state index in [0.29, 0.717) is 30.4 Å². The van der Waals surface area contributed by atoms with E-state index in [-0.39, 0.29) is 0 Å². The lowest BCUT2D eigenvalue weighted by Gasteiger charge is -2.22. The van der Waals surface area contributed by atoms with E-state index in [0.717, 1.165) is 0 Å². The van der Waals surface area contributed by atoms with E-state index in [1.54, 1.807) is 0 Å². The summed E-state index contributed by atoms with van der Waals surface area (Å²) in [5, 5.41) is 9.26. The number of carbonyl (C=O) groups is 1. The van der Waals surface area contributed by atoms with Crippen molar-refractivity contribution in [1.29, 1.82) is 0 Å². The topological polar surface area (TPSA) is 37.3 Å². The molecular formula is C17H12F8O2. The highest BCUT2D eigenvalue weighted by Crippen LogP contribution is 2.38. The summed E-state index contributed by atoms with van der Waals surface area (Å²) in [6.45, 7) is 0. The second-order valence-corrected chi connectivity index (χ2v) is 5.91. The molecule has 0 aliphatic heterocycles. The Morgan fingerprint density at radius 2 is 1.78 bits per heavy atom. The van der Waals surface area contributed by atoms with Crippen molar-refractivity contribution in [1.82, 2.24) is 0 Å². The van der Waals surface area contributed by atoms with Crippen molar-refractivity contribution >= 4 is 5.97 Å². The van der Waals surface area contributed by atoms with Gasteiger partial charge in [0.2, 0.25) is 0 Å². The number of rotatable bonds is 4.